The van der Waals surface area contributed by atoms with Crippen LogP contribution in [0.25, 0.3) is 0 Å². The number of amides is 3. The lowest BCUT2D eigenvalue weighted by Crippen LogP contribution is -2.48. The van der Waals surface area contributed by atoms with Crippen LogP contribution in [0, 0.1) is 0 Å². The van der Waals surface area contributed by atoms with Crippen molar-refractivity contribution in [1.29, 1.82) is 0 Å². The molecule has 0 aliphatic heterocycles. The summed E-state index contributed by atoms with van der Waals surface area (Å²) in [5.74, 6) is -0.874. The zero-order chi connectivity index (χ0) is 23.8. The predicted molar refractivity (Wildman–Crippen MR) is 130 cm³/mol. The van der Waals surface area contributed by atoms with Crippen molar-refractivity contribution in [3.8, 4) is 0 Å². The Morgan fingerprint density at radius 2 is 1.79 bits per heavy atom. The molecule has 1 aliphatic rings. The van der Waals surface area contributed by atoms with Gasteiger partial charge in [-0.05, 0) is 42.0 Å². The van der Waals surface area contributed by atoms with Gasteiger partial charge in [0.15, 0.2) is 5.76 Å². The lowest BCUT2D eigenvalue weighted by Gasteiger charge is -2.33. The van der Waals surface area contributed by atoms with Gasteiger partial charge in [0.2, 0.25) is 11.8 Å². The summed E-state index contributed by atoms with van der Waals surface area (Å²) in [6.45, 7) is 0.00188. The topological polar surface area (TPSA) is 91.7 Å². The first kappa shape index (κ1) is 23.8. The molecule has 0 spiro atoms. The number of hydrogen-bond acceptors (Lipinski definition) is 5. The highest BCUT2D eigenvalue weighted by Gasteiger charge is 2.33. The normalized spacial score (nSPS) is 14.8. The summed E-state index contributed by atoms with van der Waals surface area (Å²) >= 11 is 1.44. The molecule has 0 saturated heterocycles. The average Bonchev–Trinajstić information content (AvgIpc) is 3.58. The van der Waals surface area contributed by atoms with Crippen molar-refractivity contribution in [3.63, 3.8) is 0 Å². The third-order valence-electron chi connectivity index (χ3n) is 5.99. The molecule has 0 radical (unpaired) electrons. The number of nitrogens with zero attached hydrogens (tertiary/aromatic N) is 1. The van der Waals surface area contributed by atoms with Crippen LogP contribution >= 0.6 is 11.3 Å². The summed E-state index contributed by atoms with van der Waals surface area (Å²) in [4.78, 5) is 41.7. The summed E-state index contributed by atoms with van der Waals surface area (Å²) in [6, 6.07) is 15.8. The smallest absolute Gasteiger partial charge is 0.287 e. The maximum Gasteiger partial charge on any atom is 0.287 e. The second kappa shape index (κ2) is 11.7. The quantitative estimate of drug-likeness (QED) is 0.479. The van der Waals surface area contributed by atoms with Crippen LogP contribution in [0.5, 0.6) is 0 Å². The first-order valence-corrected chi connectivity index (χ1v) is 12.5. The summed E-state index contributed by atoms with van der Waals surface area (Å²) in [5, 5.41) is 7.71. The Hall–Kier alpha value is -3.39. The van der Waals surface area contributed by atoms with E-state index in [9.17, 15) is 14.4 Å². The van der Waals surface area contributed by atoms with Crippen LogP contribution in [0.3, 0.4) is 0 Å². The van der Waals surface area contributed by atoms with Crippen molar-refractivity contribution in [2.75, 3.05) is 6.54 Å². The number of carbonyl (C=O) groups is 3. The highest BCUT2D eigenvalue weighted by molar-refractivity contribution is 7.10. The molecule has 1 unspecified atom stereocenters. The molecule has 4 rings (SSSR count). The lowest BCUT2D eigenvalue weighted by molar-refractivity contribution is -0.141. The van der Waals surface area contributed by atoms with Gasteiger partial charge in [0.25, 0.3) is 5.91 Å². The molecular formula is C26H29N3O4S. The number of nitrogens with one attached hydrogen (secondary N) is 2. The van der Waals surface area contributed by atoms with Gasteiger partial charge in [-0.1, -0.05) is 55.7 Å². The number of thiophene rings is 1. The Morgan fingerprint density at radius 3 is 2.47 bits per heavy atom. The Balaban J connectivity index is 1.57. The summed E-state index contributed by atoms with van der Waals surface area (Å²) in [7, 11) is 0. The van der Waals surface area contributed by atoms with E-state index in [1.54, 1.807) is 11.0 Å². The first-order valence-electron chi connectivity index (χ1n) is 11.6. The van der Waals surface area contributed by atoms with Crippen LogP contribution < -0.4 is 10.6 Å². The van der Waals surface area contributed by atoms with Gasteiger partial charge in [-0.25, -0.2) is 0 Å². The van der Waals surface area contributed by atoms with E-state index in [1.807, 2.05) is 47.8 Å². The molecule has 2 heterocycles. The minimum absolute atomic E-state index is 0.121. The molecule has 178 valence electrons. The second-order valence-electron chi connectivity index (χ2n) is 8.43. The Bertz CT molecular complexity index is 1060. The first-order chi connectivity index (χ1) is 16.6. The van der Waals surface area contributed by atoms with E-state index in [2.05, 4.69) is 10.6 Å². The fourth-order valence-corrected chi connectivity index (χ4v) is 5.09. The molecule has 3 aromatic rings. The van der Waals surface area contributed by atoms with Gasteiger partial charge >= 0.3 is 0 Å². The summed E-state index contributed by atoms with van der Waals surface area (Å²) < 4.78 is 5.11. The maximum atomic E-state index is 13.6. The van der Waals surface area contributed by atoms with Crippen LogP contribution in [0.2, 0.25) is 0 Å². The second-order valence-corrected chi connectivity index (χ2v) is 9.41. The molecule has 3 amide bonds. The number of carbonyl (C=O) groups excluding carboxylic acids is 3. The van der Waals surface area contributed by atoms with E-state index >= 15 is 0 Å². The molecule has 1 fully saturated rings. The third-order valence-corrected chi connectivity index (χ3v) is 6.91. The average molecular weight is 480 g/mol. The molecule has 1 aliphatic carbocycles. The molecule has 0 bridgehead atoms. The van der Waals surface area contributed by atoms with Crippen LogP contribution in [-0.2, 0) is 16.1 Å². The third kappa shape index (κ3) is 6.14. The zero-order valence-corrected chi connectivity index (χ0v) is 19.8. The van der Waals surface area contributed by atoms with Crippen molar-refractivity contribution in [2.24, 2.45) is 0 Å². The van der Waals surface area contributed by atoms with E-state index in [-0.39, 0.29) is 36.7 Å². The van der Waals surface area contributed by atoms with Crippen LogP contribution in [0.1, 0.15) is 59.1 Å². The number of furan rings is 1. The fraction of sp³-hybridized carbons (Fsp3) is 0.346. The number of benzene rings is 1. The zero-order valence-electron chi connectivity index (χ0n) is 18.9. The van der Waals surface area contributed by atoms with Gasteiger partial charge in [0.1, 0.15) is 6.04 Å². The van der Waals surface area contributed by atoms with Gasteiger partial charge in [-0.2, -0.15) is 0 Å². The molecule has 1 aromatic carbocycles. The van der Waals surface area contributed by atoms with E-state index in [1.165, 1.54) is 30.1 Å². The van der Waals surface area contributed by atoms with Crippen molar-refractivity contribution in [1.82, 2.24) is 15.5 Å². The summed E-state index contributed by atoms with van der Waals surface area (Å²) in [6.07, 6.45) is 6.69. The summed E-state index contributed by atoms with van der Waals surface area (Å²) in [5.41, 5.74) is 0.903. The Labute approximate surface area is 203 Å². The largest absolute Gasteiger partial charge is 0.459 e. The monoisotopic (exact) mass is 479 g/mol. The molecule has 34 heavy (non-hydrogen) atoms. The highest BCUT2D eigenvalue weighted by atomic mass is 32.1. The minimum atomic E-state index is -0.782. The maximum absolute atomic E-state index is 13.6. The molecule has 2 aromatic heterocycles. The number of hydrogen-bond donors (Lipinski definition) is 2. The number of rotatable bonds is 9. The van der Waals surface area contributed by atoms with Crippen molar-refractivity contribution in [2.45, 2.75) is 50.7 Å². The van der Waals surface area contributed by atoms with Gasteiger partial charge in [0.05, 0.1) is 12.8 Å². The van der Waals surface area contributed by atoms with Gasteiger partial charge < -0.3 is 20.0 Å². The SMILES string of the molecule is O=C(NCC(=O)N(Cc1ccccc1)C(C(=O)NC1CCCCC1)c1cccs1)c1ccco1. The standard InChI is InChI=1S/C26H29N3O4S/c30-23(17-27-25(31)21-13-7-15-33-21)29(18-19-9-3-1-4-10-19)24(22-14-8-16-34-22)26(32)28-20-11-5-2-6-12-20/h1,3-4,7-10,13-16,20,24H,2,5-6,11-12,17-18H2,(H,27,31)(H,28,32). The Kier molecular flexibility index (Phi) is 8.14. The van der Waals surface area contributed by atoms with Crippen molar-refractivity contribution in [3.05, 3.63) is 82.4 Å². The van der Waals surface area contributed by atoms with Gasteiger partial charge in [-0.15, -0.1) is 11.3 Å². The lowest BCUT2D eigenvalue weighted by atomic mass is 9.95. The molecular weight excluding hydrogens is 450 g/mol. The van der Waals surface area contributed by atoms with Crippen molar-refractivity contribution < 1.29 is 18.8 Å². The fourth-order valence-electron chi connectivity index (χ4n) is 4.25. The minimum Gasteiger partial charge on any atom is -0.459 e. The van der Waals surface area contributed by atoms with Crippen LogP contribution in [-0.4, -0.2) is 35.2 Å². The Morgan fingerprint density at radius 1 is 1.00 bits per heavy atom. The molecule has 1 saturated carbocycles. The van der Waals surface area contributed by atoms with E-state index < -0.39 is 11.9 Å². The van der Waals surface area contributed by atoms with Crippen LogP contribution in [0.4, 0.5) is 0 Å². The van der Waals surface area contributed by atoms with Crippen LogP contribution in [0.15, 0.2) is 70.7 Å². The van der Waals surface area contributed by atoms with Gasteiger partial charge in [0, 0.05) is 17.5 Å². The van der Waals surface area contributed by atoms with Crippen molar-refractivity contribution >= 4 is 29.1 Å². The molecule has 7 nitrogen and oxygen atoms in total. The predicted octanol–water partition coefficient (Wildman–Crippen LogP) is 4.29. The molecule has 8 heteroatoms. The highest BCUT2D eigenvalue weighted by Crippen LogP contribution is 2.28. The van der Waals surface area contributed by atoms with E-state index in [4.69, 9.17) is 4.42 Å². The molecule has 2 N–H and O–H groups in total. The molecule has 1 atom stereocenters. The van der Waals surface area contributed by atoms with Gasteiger partial charge in [-0.3, -0.25) is 14.4 Å². The van der Waals surface area contributed by atoms with E-state index in [0.717, 1.165) is 36.1 Å². The van der Waals surface area contributed by atoms with E-state index in [0.29, 0.717) is 0 Å².